The van der Waals surface area contributed by atoms with E-state index < -0.39 is 0 Å². The van der Waals surface area contributed by atoms with Crippen molar-refractivity contribution in [2.75, 3.05) is 0 Å². The van der Waals surface area contributed by atoms with Crippen molar-refractivity contribution in [3.8, 4) is 22.3 Å². The lowest BCUT2D eigenvalue weighted by molar-refractivity contribution is 0.669. The molecule has 0 aliphatic heterocycles. The monoisotopic (exact) mass is 536 g/mol. The average molecular weight is 537 g/mol. The summed E-state index contributed by atoms with van der Waals surface area (Å²) < 4.78 is 6.35. The van der Waals surface area contributed by atoms with E-state index in [1.54, 1.807) is 0 Å². The molecule has 0 aliphatic rings. The van der Waals surface area contributed by atoms with E-state index in [0.717, 1.165) is 33.1 Å². The maximum absolute atomic E-state index is 6.35. The van der Waals surface area contributed by atoms with Crippen molar-refractivity contribution in [2.45, 2.75) is 6.92 Å². The molecule has 0 aliphatic carbocycles. The molecule has 42 heavy (non-hydrogen) atoms. The highest BCUT2D eigenvalue weighted by Crippen LogP contribution is 2.46. The fraction of sp³-hybridized carbons (Fsp3) is 0.0244. The number of fused-ring (bicyclic) bond motifs is 6. The largest absolute Gasteiger partial charge is 0.456 e. The van der Waals surface area contributed by atoms with Crippen LogP contribution < -0.4 is 0 Å². The lowest BCUT2D eigenvalue weighted by Crippen LogP contribution is -1.91. The minimum absolute atomic E-state index is 0.890. The summed E-state index contributed by atoms with van der Waals surface area (Å²) in [4.78, 5) is 0. The zero-order chi connectivity index (χ0) is 28.2. The molecule has 0 unspecified atom stereocenters. The van der Waals surface area contributed by atoms with E-state index in [2.05, 4.69) is 147 Å². The smallest absolute Gasteiger partial charge is 0.136 e. The van der Waals surface area contributed by atoms with Crippen LogP contribution in [0.5, 0.6) is 0 Å². The van der Waals surface area contributed by atoms with Gasteiger partial charge in [0.15, 0.2) is 0 Å². The van der Waals surface area contributed by atoms with Gasteiger partial charge in [-0.05, 0) is 90.8 Å². The Hall–Kier alpha value is -5.40. The highest BCUT2D eigenvalue weighted by atomic mass is 16.3. The fourth-order valence-corrected chi connectivity index (χ4v) is 6.76. The minimum atomic E-state index is 0.890. The average Bonchev–Trinajstić information content (AvgIpc) is 3.42. The molecule has 1 heterocycles. The molecule has 198 valence electrons. The van der Waals surface area contributed by atoms with Crippen molar-refractivity contribution in [1.29, 1.82) is 0 Å². The molecule has 1 heteroatoms. The first-order valence-electron chi connectivity index (χ1n) is 14.4. The maximum Gasteiger partial charge on any atom is 0.136 e. The number of hydrogen-bond donors (Lipinski definition) is 0. The third-order valence-corrected chi connectivity index (χ3v) is 8.54. The van der Waals surface area contributed by atoms with Gasteiger partial charge in [-0.1, -0.05) is 128 Å². The minimum Gasteiger partial charge on any atom is -0.456 e. The van der Waals surface area contributed by atoms with Crippen LogP contribution >= 0.6 is 0 Å². The van der Waals surface area contributed by atoms with Crippen molar-refractivity contribution in [3.05, 3.63) is 145 Å². The van der Waals surface area contributed by atoms with E-state index in [1.165, 1.54) is 54.6 Å². The Morgan fingerprint density at radius 2 is 1.19 bits per heavy atom. The first-order chi connectivity index (χ1) is 20.8. The molecule has 0 saturated carbocycles. The fourth-order valence-electron chi connectivity index (χ4n) is 6.76. The van der Waals surface area contributed by atoms with E-state index in [0.29, 0.717) is 0 Å². The SMILES string of the molecule is C=Cc1ccc2oc3ccc(-c4c5ccccc5c(-c5cccc6ccccc56)c5ccccc45)cc3c2c1/C=C\C. The molecule has 0 fully saturated rings. The zero-order valence-corrected chi connectivity index (χ0v) is 23.4. The molecule has 0 N–H and O–H groups in total. The second-order valence-electron chi connectivity index (χ2n) is 10.8. The van der Waals surface area contributed by atoms with Gasteiger partial charge in [-0.2, -0.15) is 0 Å². The predicted molar refractivity (Wildman–Crippen MR) is 182 cm³/mol. The van der Waals surface area contributed by atoms with Crippen LogP contribution in [-0.2, 0) is 0 Å². The molecule has 1 aromatic heterocycles. The van der Waals surface area contributed by atoms with Gasteiger partial charge in [-0.25, -0.2) is 0 Å². The number of hydrogen-bond acceptors (Lipinski definition) is 1. The van der Waals surface area contributed by atoms with Crippen LogP contribution in [0, 0.1) is 0 Å². The Labute approximate surface area is 244 Å². The van der Waals surface area contributed by atoms with Gasteiger partial charge in [-0.3, -0.25) is 0 Å². The molecule has 0 radical (unpaired) electrons. The van der Waals surface area contributed by atoms with Crippen LogP contribution in [0.3, 0.4) is 0 Å². The van der Waals surface area contributed by atoms with Crippen molar-refractivity contribution < 1.29 is 4.42 Å². The summed E-state index contributed by atoms with van der Waals surface area (Å²) in [5, 5.41) is 9.75. The second kappa shape index (κ2) is 9.61. The molecule has 8 rings (SSSR count). The van der Waals surface area contributed by atoms with Gasteiger partial charge in [0.1, 0.15) is 11.2 Å². The highest BCUT2D eigenvalue weighted by Gasteiger charge is 2.19. The second-order valence-corrected chi connectivity index (χ2v) is 10.8. The van der Waals surface area contributed by atoms with Crippen LogP contribution in [0.2, 0.25) is 0 Å². The first-order valence-corrected chi connectivity index (χ1v) is 14.4. The Balaban J connectivity index is 1.50. The molecule has 0 amide bonds. The summed E-state index contributed by atoms with van der Waals surface area (Å²) >= 11 is 0. The number of rotatable bonds is 4. The standard InChI is InChI=1S/C41H28O/c1-3-12-30-26(4-2)21-24-38-41(30)36-25-28(22-23-37(36)42-38)39-32-16-7-9-18-34(32)40(35-19-10-8-17-33(35)39)31-20-11-14-27-13-5-6-15-29(27)31/h3-25H,2H2,1H3/b12-3-. The Morgan fingerprint density at radius 1 is 0.571 bits per heavy atom. The van der Waals surface area contributed by atoms with Gasteiger partial charge in [-0.15, -0.1) is 0 Å². The molecular formula is C41H28O. The van der Waals surface area contributed by atoms with Gasteiger partial charge in [0, 0.05) is 10.8 Å². The quantitative estimate of drug-likeness (QED) is 0.204. The Bertz CT molecular complexity index is 2320. The van der Waals surface area contributed by atoms with Gasteiger partial charge in [0.05, 0.1) is 0 Å². The Kier molecular flexibility index (Phi) is 5.58. The van der Waals surface area contributed by atoms with Crippen LogP contribution in [0.25, 0.3) is 88.7 Å². The topological polar surface area (TPSA) is 13.1 Å². The number of furan rings is 1. The summed E-state index contributed by atoms with van der Waals surface area (Å²) in [6, 6.07) is 43.8. The van der Waals surface area contributed by atoms with Crippen molar-refractivity contribution >= 4 is 66.4 Å². The van der Waals surface area contributed by atoms with Crippen LogP contribution in [0.4, 0.5) is 0 Å². The van der Waals surface area contributed by atoms with E-state index >= 15 is 0 Å². The lowest BCUT2D eigenvalue weighted by atomic mass is 9.84. The van der Waals surface area contributed by atoms with Crippen molar-refractivity contribution in [2.24, 2.45) is 0 Å². The molecule has 8 aromatic rings. The third kappa shape index (κ3) is 3.57. The molecule has 0 spiro atoms. The summed E-state index contributed by atoms with van der Waals surface area (Å²) in [5.41, 5.74) is 8.99. The van der Waals surface area contributed by atoms with Crippen LogP contribution in [0.15, 0.2) is 138 Å². The summed E-state index contributed by atoms with van der Waals surface area (Å²) in [5.74, 6) is 0. The summed E-state index contributed by atoms with van der Waals surface area (Å²) in [6.45, 7) is 6.12. The molecule has 1 nitrogen and oxygen atoms in total. The normalized spacial score (nSPS) is 11.9. The van der Waals surface area contributed by atoms with E-state index in [4.69, 9.17) is 4.42 Å². The maximum atomic E-state index is 6.35. The van der Waals surface area contributed by atoms with E-state index in [9.17, 15) is 0 Å². The highest BCUT2D eigenvalue weighted by molar-refractivity contribution is 6.24. The van der Waals surface area contributed by atoms with Gasteiger partial charge in [0.25, 0.3) is 0 Å². The van der Waals surface area contributed by atoms with Gasteiger partial charge >= 0.3 is 0 Å². The number of allylic oxidation sites excluding steroid dienone is 1. The molecular weight excluding hydrogens is 508 g/mol. The van der Waals surface area contributed by atoms with Crippen LogP contribution in [-0.4, -0.2) is 0 Å². The van der Waals surface area contributed by atoms with Crippen molar-refractivity contribution in [1.82, 2.24) is 0 Å². The first kappa shape index (κ1) is 24.4. The summed E-state index contributed by atoms with van der Waals surface area (Å²) in [7, 11) is 0. The third-order valence-electron chi connectivity index (χ3n) is 8.54. The molecule has 7 aromatic carbocycles. The van der Waals surface area contributed by atoms with Gasteiger partial charge in [0.2, 0.25) is 0 Å². The predicted octanol–water partition coefficient (Wildman–Crippen LogP) is 12.1. The van der Waals surface area contributed by atoms with E-state index in [1.807, 2.05) is 6.08 Å². The van der Waals surface area contributed by atoms with Crippen molar-refractivity contribution in [3.63, 3.8) is 0 Å². The summed E-state index contributed by atoms with van der Waals surface area (Å²) in [6.07, 6.45) is 6.16. The van der Waals surface area contributed by atoms with Crippen LogP contribution in [0.1, 0.15) is 18.1 Å². The molecule has 0 atom stereocenters. The zero-order valence-electron chi connectivity index (χ0n) is 23.4. The number of benzene rings is 7. The molecule has 0 bridgehead atoms. The van der Waals surface area contributed by atoms with Gasteiger partial charge < -0.3 is 4.42 Å². The lowest BCUT2D eigenvalue weighted by Gasteiger charge is -2.18. The van der Waals surface area contributed by atoms with E-state index in [-0.39, 0.29) is 0 Å². The Morgan fingerprint density at radius 3 is 1.88 bits per heavy atom. The molecule has 0 saturated heterocycles.